The molecule has 1 fully saturated rings. The fraction of sp³-hybridized carbons (Fsp3) is 0.472. The molecular weight excluding hydrogens is 494 g/mol. The molecule has 1 aliphatic carbocycles. The molecule has 1 heterocycles. The Kier molecular flexibility index (Phi) is 10.3. The van der Waals surface area contributed by atoms with Crippen molar-refractivity contribution in [2.45, 2.75) is 97.0 Å². The van der Waals surface area contributed by atoms with E-state index in [4.69, 9.17) is 14.8 Å². The zero-order valence-corrected chi connectivity index (χ0v) is 25.1. The van der Waals surface area contributed by atoms with Gasteiger partial charge in [0.2, 0.25) is 0 Å². The first-order valence-electron chi connectivity index (χ1n) is 15.2. The molecule has 0 saturated heterocycles. The van der Waals surface area contributed by atoms with E-state index in [1.807, 2.05) is 19.2 Å². The molecule has 40 heavy (non-hydrogen) atoms. The molecule has 1 saturated carbocycles. The van der Waals surface area contributed by atoms with Crippen molar-refractivity contribution in [3.63, 3.8) is 0 Å². The lowest BCUT2D eigenvalue weighted by atomic mass is 9.69. The maximum atomic E-state index is 10.9. The number of hydrogen-bond acceptors (Lipinski definition) is 4. The maximum Gasteiger partial charge on any atom is 0.0863 e. The van der Waals surface area contributed by atoms with Crippen LogP contribution in [-0.4, -0.2) is 28.9 Å². The van der Waals surface area contributed by atoms with Gasteiger partial charge in [0.05, 0.1) is 24.5 Å². The number of nitrogens with zero attached hydrogens (tertiary/aromatic N) is 1. The average molecular weight is 542 g/mol. The molecule has 0 spiro atoms. The van der Waals surface area contributed by atoms with Crippen LogP contribution in [0.1, 0.15) is 99.1 Å². The normalized spacial score (nSPS) is 15.6. The monoisotopic (exact) mass is 541 g/mol. The zero-order chi connectivity index (χ0) is 28.6. The van der Waals surface area contributed by atoms with E-state index in [-0.39, 0.29) is 5.41 Å². The van der Waals surface area contributed by atoms with E-state index < -0.39 is 5.60 Å². The summed E-state index contributed by atoms with van der Waals surface area (Å²) in [6.45, 7) is 12.0. The van der Waals surface area contributed by atoms with E-state index in [0.29, 0.717) is 13.2 Å². The van der Waals surface area contributed by atoms with Gasteiger partial charge in [-0.05, 0) is 85.9 Å². The molecule has 0 amide bonds. The van der Waals surface area contributed by atoms with Crippen LogP contribution in [0.4, 0.5) is 0 Å². The number of pyridine rings is 1. The summed E-state index contributed by atoms with van der Waals surface area (Å²) in [4.78, 5) is 14.9. The van der Waals surface area contributed by atoms with Crippen molar-refractivity contribution >= 4 is 6.08 Å². The summed E-state index contributed by atoms with van der Waals surface area (Å²) in [5, 5.41) is 10.9. The van der Waals surface area contributed by atoms with Crippen LogP contribution >= 0.6 is 0 Å². The molecule has 4 nitrogen and oxygen atoms in total. The first-order valence-corrected chi connectivity index (χ1v) is 15.2. The molecule has 2 aromatic carbocycles. The Balaban J connectivity index is 1.56. The van der Waals surface area contributed by atoms with Gasteiger partial charge in [-0.1, -0.05) is 87.7 Å². The van der Waals surface area contributed by atoms with E-state index in [9.17, 15) is 5.11 Å². The molecule has 4 heteroatoms. The van der Waals surface area contributed by atoms with Gasteiger partial charge in [0.25, 0.3) is 0 Å². The highest BCUT2D eigenvalue weighted by Gasteiger charge is 2.31. The summed E-state index contributed by atoms with van der Waals surface area (Å²) in [5.41, 5.74) is 8.97. The Morgan fingerprint density at radius 1 is 0.875 bits per heavy atom. The minimum absolute atomic E-state index is 0.0598. The van der Waals surface area contributed by atoms with Gasteiger partial charge in [0, 0.05) is 23.6 Å². The number of benzene rings is 2. The smallest absolute Gasteiger partial charge is 0.0863 e. The average Bonchev–Trinajstić information content (AvgIpc) is 2.97. The number of aryl methyl sites for hydroxylation is 2. The lowest BCUT2D eigenvalue weighted by molar-refractivity contribution is -0.290. The first-order chi connectivity index (χ1) is 19.3. The maximum absolute atomic E-state index is 10.9. The predicted octanol–water partition coefficient (Wildman–Crippen LogP) is 8.69. The van der Waals surface area contributed by atoms with Crippen LogP contribution < -0.4 is 0 Å². The second-order valence-corrected chi connectivity index (χ2v) is 11.4. The highest BCUT2D eigenvalue weighted by molar-refractivity contribution is 5.65. The fourth-order valence-electron chi connectivity index (χ4n) is 6.25. The third-order valence-corrected chi connectivity index (χ3v) is 8.88. The summed E-state index contributed by atoms with van der Waals surface area (Å²) >= 11 is 0. The second kappa shape index (κ2) is 13.7. The van der Waals surface area contributed by atoms with Gasteiger partial charge in [-0.15, -0.1) is 0 Å². The number of hydrogen-bond donors (Lipinski definition) is 1. The summed E-state index contributed by atoms with van der Waals surface area (Å²) in [6.07, 6.45) is 14.1. The summed E-state index contributed by atoms with van der Waals surface area (Å²) in [7, 11) is 0. The Hall–Kier alpha value is -2.79. The summed E-state index contributed by atoms with van der Waals surface area (Å²) < 4.78 is 0. The quantitative estimate of drug-likeness (QED) is 0.142. The van der Waals surface area contributed by atoms with Crippen molar-refractivity contribution in [3.8, 4) is 11.3 Å². The number of aromatic nitrogens is 1. The van der Waals surface area contributed by atoms with Crippen molar-refractivity contribution < 1.29 is 14.9 Å². The molecule has 214 valence electrons. The van der Waals surface area contributed by atoms with Crippen LogP contribution in [-0.2, 0) is 21.6 Å². The number of rotatable bonds is 12. The van der Waals surface area contributed by atoms with Crippen molar-refractivity contribution in [1.29, 1.82) is 0 Å². The topological polar surface area (TPSA) is 51.6 Å². The number of aliphatic hydroxyl groups is 1. The molecule has 3 aromatic rings. The van der Waals surface area contributed by atoms with Gasteiger partial charge in [0.1, 0.15) is 0 Å². The van der Waals surface area contributed by atoms with Crippen molar-refractivity contribution in [3.05, 3.63) is 94.2 Å². The highest BCUT2D eigenvalue weighted by Crippen LogP contribution is 2.41. The van der Waals surface area contributed by atoms with Crippen LogP contribution in [0.2, 0.25) is 0 Å². The van der Waals surface area contributed by atoms with Crippen LogP contribution in [0.3, 0.4) is 0 Å². The van der Waals surface area contributed by atoms with Gasteiger partial charge in [-0.3, -0.25) is 4.98 Å². The van der Waals surface area contributed by atoms with Gasteiger partial charge in [-0.2, -0.15) is 0 Å². The molecule has 0 unspecified atom stereocenters. The molecular formula is C36H47NO3. The SMILES string of the molecule is CCOOCCc1ccc(-c2ccc(C(CC)(CC)c3ccc(/C=C/C4(O)CCCCC4)c(C)c3)cc2C)nc1. The van der Waals surface area contributed by atoms with E-state index in [1.165, 1.54) is 39.8 Å². The van der Waals surface area contributed by atoms with E-state index in [2.05, 4.69) is 82.3 Å². The second-order valence-electron chi connectivity index (χ2n) is 11.4. The van der Waals surface area contributed by atoms with E-state index in [0.717, 1.165) is 56.2 Å². The summed E-state index contributed by atoms with van der Waals surface area (Å²) in [6, 6.07) is 18.0. The Morgan fingerprint density at radius 3 is 2.17 bits per heavy atom. The van der Waals surface area contributed by atoms with Gasteiger partial charge in [-0.25, -0.2) is 9.78 Å². The minimum Gasteiger partial charge on any atom is -0.386 e. The molecule has 0 atom stereocenters. The molecule has 0 aliphatic heterocycles. The standard InChI is InChI=1S/C36H47NO3/c1-6-36(7-2,31-14-13-30(27(4)24-31)18-22-35(38)20-10-9-11-21-35)32-15-16-33(28(5)25-32)34-17-12-29(26-37-34)19-23-40-39-8-3/h12-18,22,24-26,38H,6-11,19-21,23H2,1-5H3/b22-18+. The largest absolute Gasteiger partial charge is 0.386 e. The lowest BCUT2D eigenvalue weighted by Crippen LogP contribution is -2.28. The Bertz CT molecular complexity index is 1270. The van der Waals surface area contributed by atoms with Gasteiger partial charge < -0.3 is 5.11 Å². The van der Waals surface area contributed by atoms with Crippen molar-refractivity contribution in [2.75, 3.05) is 13.2 Å². The van der Waals surface area contributed by atoms with Crippen LogP contribution in [0, 0.1) is 13.8 Å². The van der Waals surface area contributed by atoms with Crippen molar-refractivity contribution in [1.82, 2.24) is 4.98 Å². The van der Waals surface area contributed by atoms with Crippen LogP contribution in [0.5, 0.6) is 0 Å². The van der Waals surface area contributed by atoms with Gasteiger partial charge in [0.15, 0.2) is 0 Å². The Labute approximate surface area is 241 Å². The molecule has 1 aromatic heterocycles. The fourth-order valence-corrected chi connectivity index (χ4v) is 6.25. The highest BCUT2D eigenvalue weighted by atomic mass is 17.2. The summed E-state index contributed by atoms with van der Waals surface area (Å²) in [5.74, 6) is 0. The molecule has 4 rings (SSSR count). The molecule has 0 radical (unpaired) electrons. The Morgan fingerprint density at radius 2 is 1.57 bits per heavy atom. The zero-order valence-electron chi connectivity index (χ0n) is 25.1. The van der Waals surface area contributed by atoms with E-state index in [1.54, 1.807) is 0 Å². The van der Waals surface area contributed by atoms with E-state index >= 15 is 0 Å². The third-order valence-electron chi connectivity index (χ3n) is 8.88. The van der Waals surface area contributed by atoms with Crippen LogP contribution in [0.25, 0.3) is 17.3 Å². The molecule has 1 aliphatic rings. The van der Waals surface area contributed by atoms with Crippen molar-refractivity contribution in [2.24, 2.45) is 0 Å². The molecule has 0 bridgehead atoms. The molecule has 1 N–H and O–H groups in total. The van der Waals surface area contributed by atoms with Crippen LogP contribution in [0.15, 0.2) is 60.8 Å². The third kappa shape index (κ3) is 6.91. The predicted molar refractivity (Wildman–Crippen MR) is 165 cm³/mol. The lowest BCUT2D eigenvalue weighted by Gasteiger charge is -2.34. The van der Waals surface area contributed by atoms with Gasteiger partial charge >= 0.3 is 0 Å². The minimum atomic E-state index is -0.646. The first kappa shape index (κ1) is 30.2.